The number of primary sulfonamides is 1. The summed E-state index contributed by atoms with van der Waals surface area (Å²) < 4.78 is 22.5. The molecule has 0 aromatic heterocycles. The van der Waals surface area contributed by atoms with Crippen molar-refractivity contribution in [1.29, 1.82) is 0 Å². The highest BCUT2D eigenvalue weighted by atomic mass is 32.2. The van der Waals surface area contributed by atoms with Crippen molar-refractivity contribution in [2.24, 2.45) is 5.14 Å². The van der Waals surface area contributed by atoms with Crippen LogP contribution in [0.1, 0.15) is 6.92 Å². The molecule has 0 radical (unpaired) electrons. The SMILES string of the molecule is CC(CO)N(C)c1cc(S(N)(=O)=O)ccc1N. The van der Waals surface area contributed by atoms with E-state index in [9.17, 15) is 8.42 Å². The second-order valence-corrected chi connectivity index (χ2v) is 5.47. The molecule has 7 heteroatoms. The molecule has 0 aliphatic rings. The molecule has 0 heterocycles. The highest BCUT2D eigenvalue weighted by molar-refractivity contribution is 7.89. The van der Waals surface area contributed by atoms with Gasteiger partial charge in [-0.05, 0) is 25.1 Å². The van der Waals surface area contributed by atoms with Crippen molar-refractivity contribution >= 4 is 21.4 Å². The van der Waals surface area contributed by atoms with E-state index in [0.717, 1.165) is 0 Å². The van der Waals surface area contributed by atoms with Gasteiger partial charge in [0.1, 0.15) is 0 Å². The molecule has 17 heavy (non-hydrogen) atoms. The summed E-state index contributed by atoms with van der Waals surface area (Å²) >= 11 is 0. The third kappa shape index (κ3) is 3.09. The normalized spacial score (nSPS) is 13.4. The highest BCUT2D eigenvalue weighted by Gasteiger charge is 2.15. The zero-order chi connectivity index (χ0) is 13.2. The summed E-state index contributed by atoms with van der Waals surface area (Å²) in [5, 5.41) is 14.1. The topological polar surface area (TPSA) is 110 Å². The molecule has 1 atom stereocenters. The van der Waals surface area contributed by atoms with Gasteiger partial charge < -0.3 is 15.7 Å². The van der Waals surface area contributed by atoms with E-state index >= 15 is 0 Å². The molecule has 96 valence electrons. The number of aliphatic hydroxyl groups is 1. The summed E-state index contributed by atoms with van der Waals surface area (Å²) in [6.45, 7) is 1.73. The Kier molecular flexibility index (Phi) is 3.97. The lowest BCUT2D eigenvalue weighted by atomic mass is 10.2. The van der Waals surface area contributed by atoms with Gasteiger partial charge in [0.25, 0.3) is 0 Å². The van der Waals surface area contributed by atoms with Crippen LogP contribution in [0, 0.1) is 0 Å². The molecule has 0 fully saturated rings. The van der Waals surface area contributed by atoms with Gasteiger partial charge in [-0.2, -0.15) is 0 Å². The minimum absolute atomic E-state index is 0.00121. The van der Waals surface area contributed by atoms with Crippen LogP contribution >= 0.6 is 0 Å². The van der Waals surface area contributed by atoms with E-state index in [1.165, 1.54) is 18.2 Å². The summed E-state index contributed by atoms with van der Waals surface area (Å²) in [6.07, 6.45) is 0. The number of aliphatic hydroxyl groups excluding tert-OH is 1. The number of rotatable bonds is 4. The Balaban J connectivity index is 3.24. The molecule has 0 amide bonds. The van der Waals surface area contributed by atoms with Crippen molar-refractivity contribution in [2.45, 2.75) is 17.9 Å². The molecule has 1 aromatic rings. The Morgan fingerprint density at radius 3 is 2.53 bits per heavy atom. The van der Waals surface area contributed by atoms with Crippen molar-refractivity contribution < 1.29 is 13.5 Å². The van der Waals surface area contributed by atoms with Crippen LogP contribution < -0.4 is 15.8 Å². The smallest absolute Gasteiger partial charge is 0.238 e. The monoisotopic (exact) mass is 259 g/mol. The Morgan fingerprint density at radius 1 is 1.47 bits per heavy atom. The molecule has 0 bridgehead atoms. The highest BCUT2D eigenvalue weighted by Crippen LogP contribution is 2.26. The van der Waals surface area contributed by atoms with Crippen LogP contribution in [0.5, 0.6) is 0 Å². The molecule has 1 rings (SSSR count). The van der Waals surface area contributed by atoms with E-state index in [-0.39, 0.29) is 17.5 Å². The van der Waals surface area contributed by atoms with E-state index in [1.54, 1.807) is 18.9 Å². The summed E-state index contributed by atoms with van der Waals surface area (Å²) in [5.41, 5.74) is 6.72. The zero-order valence-electron chi connectivity index (χ0n) is 9.79. The molecular weight excluding hydrogens is 242 g/mol. The fourth-order valence-electron chi connectivity index (χ4n) is 1.37. The van der Waals surface area contributed by atoms with Gasteiger partial charge in [0.2, 0.25) is 10.0 Å². The van der Waals surface area contributed by atoms with Crippen LogP contribution in [0.4, 0.5) is 11.4 Å². The second-order valence-electron chi connectivity index (χ2n) is 3.91. The van der Waals surface area contributed by atoms with Crippen molar-refractivity contribution in [3.8, 4) is 0 Å². The Morgan fingerprint density at radius 2 is 2.06 bits per heavy atom. The molecular formula is C10H17N3O3S. The number of benzene rings is 1. The van der Waals surface area contributed by atoms with E-state index in [2.05, 4.69) is 0 Å². The van der Waals surface area contributed by atoms with E-state index in [4.69, 9.17) is 16.0 Å². The summed E-state index contributed by atoms with van der Waals surface area (Å²) in [5.74, 6) is 0. The van der Waals surface area contributed by atoms with Crippen LogP contribution in [-0.4, -0.2) is 33.2 Å². The predicted octanol–water partition coefficient (Wildman–Crippen LogP) is -0.267. The molecule has 1 unspecified atom stereocenters. The van der Waals surface area contributed by atoms with Crippen LogP contribution in [-0.2, 0) is 10.0 Å². The van der Waals surface area contributed by atoms with Crippen LogP contribution in [0.25, 0.3) is 0 Å². The van der Waals surface area contributed by atoms with Gasteiger partial charge >= 0.3 is 0 Å². The fraction of sp³-hybridized carbons (Fsp3) is 0.400. The summed E-state index contributed by atoms with van der Waals surface area (Å²) in [7, 11) is -2.03. The van der Waals surface area contributed by atoms with Gasteiger partial charge in [-0.1, -0.05) is 0 Å². The van der Waals surface area contributed by atoms with Crippen LogP contribution in [0.2, 0.25) is 0 Å². The molecule has 0 aliphatic carbocycles. The molecule has 0 saturated heterocycles. The van der Waals surface area contributed by atoms with E-state index < -0.39 is 10.0 Å². The van der Waals surface area contributed by atoms with Gasteiger partial charge in [-0.25, -0.2) is 13.6 Å². The Bertz CT molecular complexity index is 502. The minimum Gasteiger partial charge on any atom is -0.397 e. The standard InChI is InChI=1S/C10H17N3O3S/c1-7(6-14)13(2)10-5-8(17(12,15)16)3-4-9(10)11/h3-5,7,14H,6,11H2,1-2H3,(H2,12,15,16). The lowest BCUT2D eigenvalue weighted by Gasteiger charge is -2.27. The average Bonchev–Trinajstić information content (AvgIpc) is 2.26. The minimum atomic E-state index is -3.75. The maximum Gasteiger partial charge on any atom is 0.238 e. The van der Waals surface area contributed by atoms with Crippen LogP contribution in [0.15, 0.2) is 23.1 Å². The number of anilines is 2. The number of sulfonamides is 1. The number of nitrogens with two attached hydrogens (primary N) is 2. The molecule has 0 saturated carbocycles. The van der Waals surface area contributed by atoms with Gasteiger partial charge in [-0.3, -0.25) is 0 Å². The summed E-state index contributed by atoms with van der Waals surface area (Å²) in [4.78, 5) is 1.70. The molecule has 0 spiro atoms. The van der Waals surface area contributed by atoms with Crippen molar-refractivity contribution in [2.75, 3.05) is 24.3 Å². The first-order chi connectivity index (χ1) is 7.77. The Hall–Kier alpha value is -1.31. The van der Waals surface area contributed by atoms with Crippen molar-refractivity contribution in [3.63, 3.8) is 0 Å². The lowest BCUT2D eigenvalue weighted by Crippen LogP contribution is -2.32. The third-order valence-electron chi connectivity index (χ3n) is 2.64. The number of hydrogen-bond donors (Lipinski definition) is 3. The largest absolute Gasteiger partial charge is 0.397 e. The maximum atomic E-state index is 11.2. The lowest BCUT2D eigenvalue weighted by molar-refractivity contribution is 0.270. The van der Waals surface area contributed by atoms with Gasteiger partial charge in [0.15, 0.2) is 0 Å². The van der Waals surface area contributed by atoms with Crippen molar-refractivity contribution in [3.05, 3.63) is 18.2 Å². The zero-order valence-corrected chi connectivity index (χ0v) is 10.6. The number of nitrogens with zero attached hydrogens (tertiary/aromatic N) is 1. The van der Waals surface area contributed by atoms with E-state index in [0.29, 0.717) is 11.4 Å². The molecule has 6 nitrogen and oxygen atoms in total. The molecule has 1 aromatic carbocycles. The summed E-state index contributed by atoms with van der Waals surface area (Å²) in [6, 6.07) is 4.06. The van der Waals surface area contributed by atoms with Crippen molar-refractivity contribution in [1.82, 2.24) is 0 Å². The van der Waals surface area contributed by atoms with E-state index in [1.807, 2.05) is 0 Å². The molecule has 5 N–H and O–H groups in total. The van der Waals surface area contributed by atoms with Gasteiger partial charge in [0.05, 0.1) is 22.9 Å². The first-order valence-electron chi connectivity index (χ1n) is 5.03. The van der Waals surface area contributed by atoms with Crippen LogP contribution in [0.3, 0.4) is 0 Å². The second kappa shape index (κ2) is 4.91. The number of nitrogen functional groups attached to an aromatic ring is 1. The average molecular weight is 259 g/mol. The van der Waals surface area contributed by atoms with Gasteiger partial charge in [0, 0.05) is 13.1 Å². The quantitative estimate of drug-likeness (QED) is 0.645. The fourth-order valence-corrected chi connectivity index (χ4v) is 1.90. The maximum absolute atomic E-state index is 11.2. The predicted molar refractivity (Wildman–Crippen MR) is 67.2 cm³/mol. The first kappa shape index (κ1) is 13.8. The number of likely N-dealkylation sites (N-methyl/N-ethyl adjacent to an activating group) is 1. The first-order valence-corrected chi connectivity index (χ1v) is 6.58. The van der Waals surface area contributed by atoms with Gasteiger partial charge in [-0.15, -0.1) is 0 Å². The third-order valence-corrected chi connectivity index (χ3v) is 3.55. The Labute approximate surface area is 101 Å². The molecule has 0 aliphatic heterocycles. The number of hydrogen-bond acceptors (Lipinski definition) is 5.